The van der Waals surface area contributed by atoms with Crippen LogP contribution in [-0.4, -0.2) is 56.1 Å². The van der Waals surface area contributed by atoms with Gasteiger partial charge in [-0.05, 0) is 0 Å². The van der Waals surface area contributed by atoms with Crippen molar-refractivity contribution in [2.45, 2.75) is 24.5 Å². The molecular formula is C10H11FN2O7. The van der Waals surface area contributed by atoms with Gasteiger partial charge < -0.3 is 20.1 Å². The minimum absolute atomic E-state index is 0.0826. The van der Waals surface area contributed by atoms with Crippen molar-refractivity contribution >= 4 is 6.29 Å². The van der Waals surface area contributed by atoms with E-state index < -0.39 is 53.9 Å². The second kappa shape index (κ2) is 5.25. The van der Waals surface area contributed by atoms with Crippen LogP contribution in [0.4, 0.5) is 4.39 Å². The number of hydrogen-bond acceptors (Lipinski definition) is 7. The van der Waals surface area contributed by atoms with Crippen LogP contribution in [0.25, 0.3) is 0 Å². The Hall–Kier alpha value is -1.88. The topological polar surface area (TPSA) is 142 Å². The number of aliphatic hydroxyl groups is 3. The largest absolute Gasteiger partial charge is 0.394 e. The Labute approximate surface area is 109 Å². The Morgan fingerprint density at radius 3 is 2.50 bits per heavy atom. The number of H-pyrrole nitrogens is 1. The van der Waals surface area contributed by atoms with Crippen LogP contribution < -0.4 is 11.2 Å². The van der Waals surface area contributed by atoms with E-state index in [0.717, 1.165) is 0 Å². The quantitative estimate of drug-likeness (QED) is 0.437. The molecule has 1 aromatic heterocycles. The number of aromatic nitrogens is 2. The predicted octanol–water partition coefficient (Wildman–Crippen LogP) is -2.90. The first-order chi connectivity index (χ1) is 9.42. The Kier molecular flexibility index (Phi) is 3.81. The smallest absolute Gasteiger partial charge is 0.331 e. The van der Waals surface area contributed by atoms with E-state index in [2.05, 4.69) is 0 Å². The van der Waals surface area contributed by atoms with Gasteiger partial charge in [0.1, 0.15) is 24.0 Å². The number of ether oxygens (including phenoxy) is 1. The lowest BCUT2D eigenvalue weighted by molar-refractivity contribution is -0.0560. The summed E-state index contributed by atoms with van der Waals surface area (Å²) in [6.45, 7) is -0.661. The zero-order chi connectivity index (χ0) is 15.0. The maximum atomic E-state index is 13.5. The molecule has 2 heterocycles. The number of carbonyl (C=O) groups excluding carboxylic acids is 1. The summed E-state index contributed by atoms with van der Waals surface area (Å²) in [5.41, 5.74) is -3.50. The number of aromatic amines is 1. The molecule has 0 spiro atoms. The highest BCUT2D eigenvalue weighted by atomic mass is 19.1. The number of nitrogens with zero attached hydrogens (tertiary/aromatic N) is 1. The number of rotatable bonds is 3. The van der Waals surface area contributed by atoms with Crippen molar-refractivity contribution in [1.82, 2.24) is 9.55 Å². The van der Waals surface area contributed by atoms with Gasteiger partial charge in [0.15, 0.2) is 12.5 Å². The van der Waals surface area contributed by atoms with Crippen molar-refractivity contribution in [3.63, 3.8) is 0 Å². The van der Waals surface area contributed by atoms with E-state index in [1.807, 2.05) is 0 Å². The predicted molar refractivity (Wildman–Crippen MR) is 59.7 cm³/mol. The van der Waals surface area contributed by atoms with Gasteiger partial charge in [-0.15, -0.1) is 0 Å². The monoisotopic (exact) mass is 290 g/mol. The number of aldehydes is 1. The number of aliphatic hydroxyl groups excluding tert-OH is 3. The lowest BCUT2D eigenvalue weighted by Crippen LogP contribution is -2.41. The molecule has 110 valence electrons. The fraction of sp³-hybridized carbons (Fsp3) is 0.500. The summed E-state index contributed by atoms with van der Waals surface area (Å²) in [5.74, 6) is -1.52. The molecule has 0 aromatic carbocycles. The van der Waals surface area contributed by atoms with Crippen LogP contribution in [0.2, 0.25) is 0 Å². The van der Waals surface area contributed by atoms with Crippen molar-refractivity contribution in [2.24, 2.45) is 0 Å². The molecule has 1 aliphatic heterocycles. The molecule has 4 N–H and O–H groups in total. The molecule has 0 aliphatic carbocycles. The first-order valence-electron chi connectivity index (χ1n) is 5.54. The van der Waals surface area contributed by atoms with Crippen molar-refractivity contribution < 1.29 is 29.2 Å². The van der Waals surface area contributed by atoms with E-state index in [1.165, 1.54) is 0 Å². The summed E-state index contributed by atoms with van der Waals surface area (Å²) in [7, 11) is 0. The molecule has 0 saturated carbocycles. The van der Waals surface area contributed by atoms with Gasteiger partial charge in [-0.3, -0.25) is 19.1 Å². The van der Waals surface area contributed by atoms with Crippen LogP contribution in [0.15, 0.2) is 9.59 Å². The molecule has 9 nitrogen and oxygen atoms in total. The number of nitrogens with one attached hydrogen (secondary N) is 1. The second-order valence-electron chi connectivity index (χ2n) is 4.18. The first-order valence-corrected chi connectivity index (χ1v) is 5.54. The van der Waals surface area contributed by atoms with Crippen LogP contribution in [0, 0.1) is 5.82 Å². The molecule has 1 aromatic rings. The Bertz CT molecular complexity index is 639. The van der Waals surface area contributed by atoms with Gasteiger partial charge in [-0.2, -0.15) is 4.39 Å². The van der Waals surface area contributed by atoms with Crippen molar-refractivity contribution in [2.75, 3.05) is 6.61 Å². The molecule has 20 heavy (non-hydrogen) atoms. The Balaban J connectivity index is 2.59. The number of carbonyl (C=O) groups is 1. The van der Waals surface area contributed by atoms with E-state index in [9.17, 15) is 29.0 Å². The minimum atomic E-state index is -1.69. The standard InChI is InChI=1S/C10H11FN2O7/c11-5-3(1-14)13(10(19)12-8(5)18)9-7(17)6(16)4(2-15)20-9/h1,4,6-7,9,15-17H,2H2,(H,12,18,19). The van der Waals surface area contributed by atoms with Gasteiger partial charge in [-0.25, -0.2) is 4.79 Å². The van der Waals surface area contributed by atoms with Crippen molar-refractivity contribution in [3.8, 4) is 0 Å². The minimum Gasteiger partial charge on any atom is -0.394 e. The average molecular weight is 290 g/mol. The lowest BCUT2D eigenvalue weighted by Gasteiger charge is -2.19. The molecule has 1 fully saturated rings. The number of hydrogen-bond donors (Lipinski definition) is 4. The van der Waals surface area contributed by atoms with Gasteiger partial charge in [0.2, 0.25) is 5.82 Å². The van der Waals surface area contributed by atoms with Gasteiger partial charge in [0.05, 0.1) is 6.61 Å². The highest BCUT2D eigenvalue weighted by Crippen LogP contribution is 2.28. The van der Waals surface area contributed by atoms with Crippen LogP contribution in [0.1, 0.15) is 16.7 Å². The molecule has 4 atom stereocenters. The normalized spacial score (nSPS) is 29.6. The molecule has 10 heteroatoms. The van der Waals surface area contributed by atoms with Crippen LogP contribution in [0.3, 0.4) is 0 Å². The zero-order valence-corrected chi connectivity index (χ0v) is 9.89. The molecule has 1 saturated heterocycles. The SMILES string of the molecule is O=Cc1c(F)c(=O)[nH]c(=O)n1C1OC(CO)C(O)C1O. The Morgan fingerprint density at radius 2 is 2.00 bits per heavy atom. The fourth-order valence-corrected chi connectivity index (χ4v) is 2.00. The maximum absolute atomic E-state index is 13.5. The molecule has 0 bridgehead atoms. The summed E-state index contributed by atoms with van der Waals surface area (Å²) in [6, 6.07) is 0. The highest BCUT2D eigenvalue weighted by molar-refractivity contribution is 5.72. The maximum Gasteiger partial charge on any atom is 0.331 e. The third-order valence-corrected chi connectivity index (χ3v) is 3.01. The van der Waals surface area contributed by atoms with Crippen molar-refractivity contribution in [3.05, 3.63) is 32.3 Å². The Morgan fingerprint density at radius 1 is 1.35 bits per heavy atom. The summed E-state index contributed by atoms with van der Waals surface area (Å²) >= 11 is 0. The third kappa shape index (κ3) is 2.08. The van der Waals surface area contributed by atoms with Crippen LogP contribution in [0.5, 0.6) is 0 Å². The average Bonchev–Trinajstić information content (AvgIpc) is 2.70. The van der Waals surface area contributed by atoms with E-state index in [1.54, 1.807) is 4.98 Å². The first kappa shape index (κ1) is 14.5. The fourth-order valence-electron chi connectivity index (χ4n) is 2.00. The van der Waals surface area contributed by atoms with E-state index >= 15 is 0 Å². The van der Waals surface area contributed by atoms with Crippen LogP contribution >= 0.6 is 0 Å². The van der Waals surface area contributed by atoms with E-state index in [-0.39, 0.29) is 6.29 Å². The lowest BCUT2D eigenvalue weighted by atomic mass is 10.1. The highest BCUT2D eigenvalue weighted by Gasteiger charge is 2.44. The number of halogens is 1. The second-order valence-corrected chi connectivity index (χ2v) is 4.18. The van der Waals surface area contributed by atoms with E-state index in [0.29, 0.717) is 4.57 Å². The summed E-state index contributed by atoms with van der Waals surface area (Å²) in [5, 5.41) is 28.2. The molecular weight excluding hydrogens is 279 g/mol. The molecule has 1 aliphatic rings. The van der Waals surface area contributed by atoms with Crippen LogP contribution in [-0.2, 0) is 4.74 Å². The van der Waals surface area contributed by atoms with Gasteiger partial charge in [0.25, 0.3) is 5.56 Å². The zero-order valence-electron chi connectivity index (χ0n) is 9.89. The molecule has 4 unspecified atom stereocenters. The molecule has 2 rings (SSSR count). The van der Waals surface area contributed by atoms with Gasteiger partial charge in [0, 0.05) is 0 Å². The van der Waals surface area contributed by atoms with Gasteiger partial charge in [-0.1, -0.05) is 0 Å². The summed E-state index contributed by atoms with van der Waals surface area (Å²) in [6.07, 6.45) is -6.13. The third-order valence-electron chi connectivity index (χ3n) is 3.01. The molecule has 0 radical (unpaired) electrons. The van der Waals surface area contributed by atoms with Crippen molar-refractivity contribution in [1.29, 1.82) is 0 Å². The summed E-state index contributed by atoms with van der Waals surface area (Å²) < 4.78 is 18.9. The van der Waals surface area contributed by atoms with Gasteiger partial charge >= 0.3 is 5.69 Å². The molecule has 0 amide bonds. The summed E-state index contributed by atoms with van der Waals surface area (Å²) in [4.78, 5) is 35.2. The van der Waals surface area contributed by atoms with E-state index in [4.69, 9.17) is 9.84 Å².